The van der Waals surface area contributed by atoms with Crippen molar-refractivity contribution in [3.05, 3.63) is 29.8 Å². The average Bonchev–Trinajstić information content (AvgIpc) is 2.99. The second-order valence-electron chi connectivity index (χ2n) is 6.62. The molecule has 1 unspecified atom stereocenters. The van der Waals surface area contributed by atoms with Crippen molar-refractivity contribution in [3.8, 4) is 0 Å². The maximum atomic E-state index is 12.4. The molecule has 1 aromatic rings. The van der Waals surface area contributed by atoms with Crippen LogP contribution in [-0.2, 0) is 4.79 Å². The van der Waals surface area contributed by atoms with Gasteiger partial charge in [-0.1, -0.05) is 31.5 Å². The molecular formula is C18H27N3O2. The fourth-order valence-electron chi connectivity index (χ4n) is 2.72. The van der Waals surface area contributed by atoms with E-state index in [1.807, 2.05) is 31.2 Å². The van der Waals surface area contributed by atoms with E-state index >= 15 is 0 Å². The van der Waals surface area contributed by atoms with Crippen LogP contribution in [-0.4, -0.2) is 36.0 Å². The average molecular weight is 317 g/mol. The topological polar surface area (TPSA) is 61.4 Å². The summed E-state index contributed by atoms with van der Waals surface area (Å²) in [5.74, 6) is 0.516. The van der Waals surface area contributed by atoms with Gasteiger partial charge in [0.25, 0.3) is 0 Å². The molecule has 0 saturated carbocycles. The fraction of sp³-hybridized carbons (Fsp3) is 0.556. The van der Waals surface area contributed by atoms with Gasteiger partial charge in [0.2, 0.25) is 5.91 Å². The second kappa shape index (κ2) is 7.99. The first-order chi connectivity index (χ1) is 11.0. The van der Waals surface area contributed by atoms with Gasteiger partial charge in [-0.2, -0.15) is 0 Å². The zero-order chi connectivity index (χ0) is 16.8. The summed E-state index contributed by atoms with van der Waals surface area (Å²) in [6.07, 6.45) is 2.55. The van der Waals surface area contributed by atoms with Crippen LogP contribution in [0.1, 0.15) is 38.7 Å². The van der Waals surface area contributed by atoms with Gasteiger partial charge in [0.1, 0.15) is 6.04 Å². The number of aryl methyl sites for hydroxylation is 1. The molecule has 0 bridgehead atoms. The first-order valence-electron chi connectivity index (χ1n) is 8.39. The minimum Gasteiger partial charge on any atom is -0.354 e. The predicted molar refractivity (Wildman–Crippen MR) is 92.4 cm³/mol. The lowest BCUT2D eigenvalue weighted by Crippen LogP contribution is -2.47. The van der Waals surface area contributed by atoms with E-state index in [9.17, 15) is 9.59 Å². The molecule has 2 N–H and O–H groups in total. The van der Waals surface area contributed by atoms with Crippen LogP contribution < -0.4 is 10.6 Å². The molecule has 1 aliphatic rings. The Hall–Kier alpha value is -2.04. The highest BCUT2D eigenvalue weighted by Crippen LogP contribution is 2.19. The highest BCUT2D eigenvalue weighted by Gasteiger charge is 2.33. The van der Waals surface area contributed by atoms with Crippen molar-refractivity contribution in [2.45, 2.75) is 46.1 Å². The van der Waals surface area contributed by atoms with E-state index in [0.717, 1.165) is 30.5 Å². The third-order valence-electron chi connectivity index (χ3n) is 4.14. The van der Waals surface area contributed by atoms with Crippen molar-refractivity contribution in [2.75, 3.05) is 18.4 Å². The highest BCUT2D eigenvalue weighted by atomic mass is 16.2. The molecule has 0 aliphatic carbocycles. The second-order valence-corrected chi connectivity index (χ2v) is 6.62. The van der Waals surface area contributed by atoms with Gasteiger partial charge in [-0.05, 0) is 44.2 Å². The first-order valence-corrected chi connectivity index (χ1v) is 8.39. The lowest BCUT2D eigenvalue weighted by molar-refractivity contribution is -0.124. The molecule has 1 aromatic carbocycles. The third kappa shape index (κ3) is 4.98. The van der Waals surface area contributed by atoms with Gasteiger partial charge in [0.05, 0.1) is 0 Å². The Morgan fingerprint density at radius 1 is 1.26 bits per heavy atom. The SMILES string of the molecule is Cc1ccc(NC(=O)N2CCCC2C(=O)NCCC(C)C)cc1. The van der Waals surface area contributed by atoms with Crippen molar-refractivity contribution >= 4 is 17.6 Å². The number of nitrogens with one attached hydrogen (secondary N) is 2. The molecule has 1 saturated heterocycles. The van der Waals surface area contributed by atoms with E-state index in [1.54, 1.807) is 4.90 Å². The van der Waals surface area contributed by atoms with Crippen LogP contribution in [0.4, 0.5) is 10.5 Å². The molecule has 1 aliphatic heterocycles. The number of amides is 3. The number of rotatable bonds is 5. The quantitative estimate of drug-likeness (QED) is 0.876. The minimum absolute atomic E-state index is 0.0396. The molecule has 0 radical (unpaired) electrons. The Kier molecular flexibility index (Phi) is 6.02. The van der Waals surface area contributed by atoms with Crippen molar-refractivity contribution in [1.29, 1.82) is 0 Å². The number of carbonyl (C=O) groups is 2. The monoisotopic (exact) mass is 317 g/mol. The van der Waals surface area contributed by atoms with Gasteiger partial charge < -0.3 is 15.5 Å². The predicted octanol–water partition coefficient (Wildman–Crippen LogP) is 3.15. The Labute approximate surface area is 138 Å². The molecule has 2 rings (SSSR count). The summed E-state index contributed by atoms with van der Waals surface area (Å²) < 4.78 is 0. The maximum Gasteiger partial charge on any atom is 0.322 e. The van der Waals surface area contributed by atoms with Crippen LogP contribution in [0.3, 0.4) is 0 Å². The molecule has 1 atom stereocenters. The number of hydrogen-bond acceptors (Lipinski definition) is 2. The van der Waals surface area contributed by atoms with Gasteiger partial charge in [-0.3, -0.25) is 4.79 Å². The van der Waals surface area contributed by atoms with Gasteiger partial charge in [0.15, 0.2) is 0 Å². The summed E-state index contributed by atoms with van der Waals surface area (Å²) >= 11 is 0. The summed E-state index contributed by atoms with van der Waals surface area (Å²) in [5.41, 5.74) is 1.90. The number of hydrogen-bond donors (Lipinski definition) is 2. The smallest absolute Gasteiger partial charge is 0.322 e. The molecular weight excluding hydrogens is 290 g/mol. The van der Waals surface area contributed by atoms with E-state index in [4.69, 9.17) is 0 Å². The normalized spacial score (nSPS) is 17.4. The molecule has 0 aromatic heterocycles. The molecule has 126 valence electrons. The maximum absolute atomic E-state index is 12.4. The summed E-state index contributed by atoms with van der Waals surface area (Å²) in [6, 6.07) is 7.11. The number of anilines is 1. The number of benzene rings is 1. The number of carbonyl (C=O) groups excluding carboxylic acids is 2. The molecule has 5 nitrogen and oxygen atoms in total. The largest absolute Gasteiger partial charge is 0.354 e. The Morgan fingerprint density at radius 3 is 2.61 bits per heavy atom. The minimum atomic E-state index is -0.354. The molecule has 0 spiro atoms. The van der Waals surface area contributed by atoms with E-state index in [0.29, 0.717) is 19.0 Å². The summed E-state index contributed by atoms with van der Waals surface area (Å²) in [6.45, 7) is 7.55. The standard InChI is InChI=1S/C18H27N3O2/c1-13(2)10-11-19-17(22)16-5-4-12-21(16)18(23)20-15-8-6-14(3)7-9-15/h6-9,13,16H,4-5,10-12H2,1-3H3,(H,19,22)(H,20,23). The van der Waals surface area contributed by atoms with Gasteiger partial charge in [-0.15, -0.1) is 0 Å². The van der Waals surface area contributed by atoms with Crippen LogP contribution in [0.15, 0.2) is 24.3 Å². The highest BCUT2D eigenvalue weighted by molar-refractivity contribution is 5.94. The van der Waals surface area contributed by atoms with Crippen molar-refractivity contribution in [2.24, 2.45) is 5.92 Å². The van der Waals surface area contributed by atoms with E-state index < -0.39 is 0 Å². The summed E-state index contributed by atoms with van der Waals surface area (Å²) in [5, 5.41) is 5.83. The Balaban J connectivity index is 1.90. The van der Waals surface area contributed by atoms with Crippen molar-refractivity contribution in [1.82, 2.24) is 10.2 Å². The van der Waals surface area contributed by atoms with E-state index in [-0.39, 0.29) is 18.0 Å². The fourth-order valence-corrected chi connectivity index (χ4v) is 2.72. The van der Waals surface area contributed by atoms with Gasteiger partial charge >= 0.3 is 6.03 Å². The Bertz CT molecular complexity index is 540. The molecule has 1 heterocycles. The molecule has 23 heavy (non-hydrogen) atoms. The molecule has 3 amide bonds. The van der Waals surface area contributed by atoms with Crippen LogP contribution in [0.25, 0.3) is 0 Å². The van der Waals surface area contributed by atoms with Crippen molar-refractivity contribution < 1.29 is 9.59 Å². The third-order valence-corrected chi connectivity index (χ3v) is 4.14. The van der Waals surface area contributed by atoms with E-state index in [1.165, 1.54) is 0 Å². The number of urea groups is 1. The van der Waals surface area contributed by atoms with Crippen LogP contribution in [0, 0.1) is 12.8 Å². The summed E-state index contributed by atoms with van der Waals surface area (Å²) in [4.78, 5) is 26.4. The molecule has 5 heteroatoms. The number of nitrogens with zero attached hydrogens (tertiary/aromatic N) is 1. The summed E-state index contributed by atoms with van der Waals surface area (Å²) in [7, 11) is 0. The van der Waals surface area contributed by atoms with Crippen LogP contribution >= 0.6 is 0 Å². The van der Waals surface area contributed by atoms with Crippen LogP contribution in [0.2, 0.25) is 0 Å². The van der Waals surface area contributed by atoms with Gasteiger partial charge in [0, 0.05) is 18.8 Å². The van der Waals surface area contributed by atoms with E-state index in [2.05, 4.69) is 24.5 Å². The number of likely N-dealkylation sites (tertiary alicyclic amines) is 1. The zero-order valence-electron chi connectivity index (χ0n) is 14.3. The van der Waals surface area contributed by atoms with Crippen LogP contribution in [0.5, 0.6) is 0 Å². The van der Waals surface area contributed by atoms with Gasteiger partial charge in [-0.25, -0.2) is 4.79 Å². The Morgan fingerprint density at radius 2 is 1.96 bits per heavy atom. The first kappa shape index (κ1) is 17.3. The zero-order valence-corrected chi connectivity index (χ0v) is 14.3. The van der Waals surface area contributed by atoms with Crippen molar-refractivity contribution in [3.63, 3.8) is 0 Å². The molecule has 1 fully saturated rings. The lowest BCUT2D eigenvalue weighted by Gasteiger charge is -2.24. The lowest BCUT2D eigenvalue weighted by atomic mass is 10.1.